The normalized spacial score (nSPS) is 17.3. The summed E-state index contributed by atoms with van der Waals surface area (Å²) >= 11 is 0. The van der Waals surface area contributed by atoms with Gasteiger partial charge in [0.15, 0.2) is 5.96 Å². The van der Waals surface area contributed by atoms with E-state index >= 15 is 0 Å². The largest absolute Gasteiger partial charge is 0.477 e. The first-order chi connectivity index (χ1) is 13.7. The maximum atomic E-state index is 11.6. The van der Waals surface area contributed by atoms with Gasteiger partial charge in [0.25, 0.3) is 0 Å². The molecule has 0 unspecified atom stereocenters. The van der Waals surface area contributed by atoms with Crippen molar-refractivity contribution in [2.75, 3.05) is 33.4 Å². The van der Waals surface area contributed by atoms with E-state index in [1.807, 2.05) is 19.1 Å². The van der Waals surface area contributed by atoms with Crippen molar-refractivity contribution in [1.82, 2.24) is 20.5 Å². The fourth-order valence-corrected chi connectivity index (χ4v) is 3.13. The first-order valence-corrected chi connectivity index (χ1v) is 10.1. The van der Waals surface area contributed by atoms with Crippen LogP contribution in [0.4, 0.5) is 4.79 Å². The fourth-order valence-electron chi connectivity index (χ4n) is 3.13. The van der Waals surface area contributed by atoms with E-state index in [0.717, 1.165) is 37.5 Å². The molecule has 1 amide bonds. The van der Waals surface area contributed by atoms with Crippen LogP contribution in [0.2, 0.25) is 0 Å². The van der Waals surface area contributed by atoms with Crippen LogP contribution in [0.25, 0.3) is 0 Å². The molecule has 2 N–H and O–H groups in total. The minimum Gasteiger partial charge on any atom is -0.477 e. The number of nitrogens with one attached hydrogen (secondary N) is 2. The van der Waals surface area contributed by atoms with Crippen LogP contribution in [-0.4, -0.2) is 61.3 Å². The minimum absolute atomic E-state index is 0. The van der Waals surface area contributed by atoms with Gasteiger partial charge in [0.1, 0.15) is 0 Å². The number of piperidine rings is 1. The van der Waals surface area contributed by atoms with Crippen LogP contribution < -0.4 is 15.4 Å². The number of carbonyl (C=O) groups is 1. The molecule has 1 aliphatic carbocycles. The Hall–Kier alpha value is -1.78. The van der Waals surface area contributed by atoms with Gasteiger partial charge in [0.2, 0.25) is 5.88 Å². The van der Waals surface area contributed by atoms with E-state index in [4.69, 9.17) is 14.5 Å². The summed E-state index contributed by atoms with van der Waals surface area (Å²) in [5.74, 6) is 2.17. The third kappa shape index (κ3) is 7.87. The lowest BCUT2D eigenvalue weighted by molar-refractivity contribution is 0.111. The van der Waals surface area contributed by atoms with Crippen molar-refractivity contribution in [2.24, 2.45) is 10.9 Å². The van der Waals surface area contributed by atoms with E-state index in [0.29, 0.717) is 31.4 Å². The average Bonchev–Trinajstić information content (AvgIpc) is 3.55. The van der Waals surface area contributed by atoms with Crippen LogP contribution in [0.1, 0.15) is 38.2 Å². The number of hydrogen-bond acceptors (Lipinski definition) is 5. The lowest BCUT2D eigenvalue weighted by Crippen LogP contribution is -2.49. The number of pyridine rings is 1. The molecule has 0 aromatic carbocycles. The number of likely N-dealkylation sites (tertiary alicyclic amines) is 1. The number of carbonyl (C=O) groups excluding carboxylic acids is 1. The Balaban J connectivity index is 0.00000300. The van der Waals surface area contributed by atoms with E-state index in [-0.39, 0.29) is 36.1 Å². The zero-order valence-electron chi connectivity index (χ0n) is 17.2. The summed E-state index contributed by atoms with van der Waals surface area (Å²) in [5.41, 5.74) is 1.07. The summed E-state index contributed by atoms with van der Waals surface area (Å²) in [6.07, 6.45) is 5.79. The van der Waals surface area contributed by atoms with Gasteiger partial charge in [-0.3, -0.25) is 0 Å². The van der Waals surface area contributed by atoms with Gasteiger partial charge in [-0.1, -0.05) is 0 Å². The highest BCUT2D eigenvalue weighted by atomic mass is 127. The number of nitrogens with zero attached hydrogens (tertiary/aromatic N) is 3. The Morgan fingerprint density at radius 3 is 2.72 bits per heavy atom. The lowest BCUT2D eigenvalue weighted by atomic mass is 10.1. The first kappa shape index (κ1) is 23.5. The minimum atomic E-state index is -0.253. The molecule has 1 saturated carbocycles. The maximum absolute atomic E-state index is 11.6. The summed E-state index contributed by atoms with van der Waals surface area (Å²) in [6.45, 7) is 5.53. The second-order valence-corrected chi connectivity index (χ2v) is 7.33. The third-order valence-electron chi connectivity index (χ3n) is 5.00. The van der Waals surface area contributed by atoms with Crippen molar-refractivity contribution in [3.8, 4) is 5.88 Å². The van der Waals surface area contributed by atoms with Crippen LogP contribution in [0.5, 0.6) is 5.88 Å². The molecular weight excluding hydrogens is 485 g/mol. The third-order valence-corrected chi connectivity index (χ3v) is 5.00. The molecule has 0 atom stereocenters. The van der Waals surface area contributed by atoms with Crippen LogP contribution in [0, 0.1) is 5.92 Å². The Labute approximate surface area is 189 Å². The molecule has 2 fully saturated rings. The highest BCUT2D eigenvalue weighted by Crippen LogP contribution is 2.29. The highest BCUT2D eigenvalue weighted by Gasteiger charge is 2.24. The van der Waals surface area contributed by atoms with Gasteiger partial charge in [0, 0.05) is 37.9 Å². The molecule has 3 rings (SSSR count). The van der Waals surface area contributed by atoms with Crippen molar-refractivity contribution in [2.45, 2.75) is 45.2 Å². The van der Waals surface area contributed by atoms with E-state index < -0.39 is 0 Å². The zero-order valence-corrected chi connectivity index (χ0v) is 19.6. The summed E-state index contributed by atoms with van der Waals surface area (Å²) < 4.78 is 10.5. The predicted octanol–water partition coefficient (Wildman–Crippen LogP) is 2.77. The van der Waals surface area contributed by atoms with Crippen molar-refractivity contribution < 1.29 is 14.3 Å². The molecule has 0 bridgehead atoms. The summed E-state index contributed by atoms with van der Waals surface area (Å²) in [7, 11) is 1.42. The molecule has 1 saturated heterocycles. The van der Waals surface area contributed by atoms with E-state index in [1.54, 1.807) is 11.1 Å². The quantitative estimate of drug-likeness (QED) is 0.329. The molecule has 1 aromatic rings. The Morgan fingerprint density at radius 2 is 2.07 bits per heavy atom. The van der Waals surface area contributed by atoms with Crippen LogP contribution in [0.3, 0.4) is 0 Å². The van der Waals surface area contributed by atoms with Crippen molar-refractivity contribution in [3.05, 3.63) is 23.9 Å². The predicted molar refractivity (Wildman–Crippen MR) is 123 cm³/mol. The monoisotopic (exact) mass is 517 g/mol. The Bertz CT molecular complexity index is 676. The molecule has 2 aliphatic rings. The summed E-state index contributed by atoms with van der Waals surface area (Å²) in [6, 6.07) is 4.21. The topological polar surface area (TPSA) is 88.1 Å². The summed E-state index contributed by atoms with van der Waals surface area (Å²) in [5, 5.41) is 6.78. The second-order valence-electron chi connectivity index (χ2n) is 7.33. The van der Waals surface area contributed by atoms with Crippen molar-refractivity contribution >= 4 is 36.0 Å². The SMILES string of the molecule is CCNC(=NCc1ccnc(OCC2CC2)c1)NC1CCN(C(=O)OC)CC1.I. The van der Waals surface area contributed by atoms with Gasteiger partial charge < -0.3 is 25.0 Å². The van der Waals surface area contributed by atoms with Crippen molar-refractivity contribution in [3.63, 3.8) is 0 Å². The molecule has 1 aliphatic heterocycles. The van der Waals surface area contributed by atoms with Crippen molar-refractivity contribution in [1.29, 1.82) is 0 Å². The first-order valence-electron chi connectivity index (χ1n) is 10.1. The molecule has 0 radical (unpaired) electrons. The average molecular weight is 517 g/mol. The number of halogens is 1. The van der Waals surface area contributed by atoms with Gasteiger partial charge >= 0.3 is 6.09 Å². The van der Waals surface area contributed by atoms with Gasteiger partial charge in [-0.05, 0) is 50.2 Å². The maximum Gasteiger partial charge on any atom is 0.409 e. The number of hydrogen-bond donors (Lipinski definition) is 2. The summed E-state index contributed by atoms with van der Waals surface area (Å²) in [4.78, 5) is 22.3. The fraction of sp³-hybridized carbons (Fsp3) is 0.650. The van der Waals surface area contributed by atoms with Gasteiger partial charge in [-0.2, -0.15) is 0 Å². The molecule has 162 valence electrons. The number of amides is 1. The van der Waals surface area contributed by atoms with Crippen LogP contribution >= 0.6 is 24.0 Å². The van der Waals surface area contributed by atoms with E-state index in [9.17, 15) is 4.79 Å². The molecule has 0 spiro atoms. The van der Waals surface area contributed by atoms with Gasteiger partial charge in [-0.25, -0.2) is 14.8 Å². The standard InChI is InChI=1S/C20H31N5O3.HI/c1-3-21-19(24-17-7-10-25(11-8-17)20(26)27-2)23-13-16-6-9-22-18(12-16)28-14-15-4-5-15;/h6,9,12,15,17H,3-5,7-8,10-11,13-14H2,1-2H3,(H2,21,23,24);1H. The molecule has 9 heteroatoms. The molecule has 1 aromatic heterocycles. The van der Waals surface area contributed by atoms with Crippen LogP contribution in [0.15, 0.2) is 23.3 Å². The number of aliphatic imine (C=N–C) groups is 1. The van der Waals surface area contributed by atoms with Gasteiger partial charge in [-0.15, -0.1) is 24.0 Å². The molecule has 8 nitrogen and oxygen atoms in total. The number of rotatable bonds is 7. The second kappa shape index (κ2) is 12.0. The zero-order chi connectivity index (χ0) is 19.8. The van der Waals surface area contributed by atoms with Gasteiger partial charge in [0.05, 0.1) is 20.3 Å². The Kier molecular flexibility index (Phi) is 9.75. The highest BCUT2D eigenvalue weighted by molar-refractivity contribution is 14.0. The van der Waals surface area contributed by atoms with E-state index in [2.05, 4.69) is 15.6 Å². The molecule has 2 heterocycles. The number of methoxy groups -OCH3 is 1. The molecule has 29 heavy (non-hydrogen) atoms. The molecular formula is C20H32IN5O3. The number of aromatic nitrogens is 1. The lowest BCUT2D eigenvalue weighted by Gasteiger charge is -2.32. The van der Waals surface area contributed by atoms with Crippen LogP contribution in [-0.2, 0) is 11.3 Å². The number of ether oxygens (including phenoxy) is 2. The smallest absolute Gasteiger partial charge is 0.409 e. The van der Waals surface area contributed by atoms with E-state index in [1.165, 1.54) is 20.0 Å². The Morgan fingerprint density at radius 1 is 1.31 bits per heavy atom. The number of guanidine groups is 1.